The molecule has 0 spiro atoms. The van der Waals surface area contributed by atoms with Gasteiger partial charge in [-0.25, -0.2) is 4.79 Å². The summed E-state index contributed by atoms with van der Waals surface area (Å²) in [6.45, 7) is 3.76. The van der Waals surface area contributed by atoms with Crippen LogP contribution in [0.1, 0.15) is 30.0 Å². The molecule has 0 aliphatic carbocycles. The minimum absolute atomic E-state index is 0.171. The summed E-state index contributed by atoms with van der Waals surface area (Å²) in [5.74, 6) is 1.26. The molecular formula is C24H32N4O3. The maximum absolute atomic E-state index is 12.7. The molecule has 1 atom stereocenters. The summed E-state index contributed by atoms with van der Waals surface area (Å²) in [6, 6.07) is 12.0. The van der Waals surface area contributed by atoms with Gasteiger partial charge in [0.2, 0.25) is 0 Å². The normalized spacial score (nSPS) is 16.7. The zero-order valence-electron chi connectivity index (χ0n) is 18.6. The number of hydrogen-bond donors (Lipinski definition) is 2. The van der Waals surface area contributed by atoms with Crippen molar-refractivity contribution < 1.29 is 14.3 Å². The molecule has 7 nitrogen and oxygen atoms in total. The highest BCUT2D eigenvalue weighted by atomic mass is 16.5. The van der Waals surface area contributed by atoms with Crippen LogP contribution < -0.4 is 25.0 Å². The van der Waals surface area contributed by atoms with Crippen LogP contribution in [0.4, 0.5) is 16.2 Å². The number of likely N-dealkylation sites (N-methyl/N-ethyl adjacent to an activating group) is 1. The van der Waals surface area contributed by atoms with E-state index in [4.69, 9.17) is 9.47 Å². The molecular weight excluding hydrogens is 392 g/mol. The summed E-state index contributed by atoms with van der Waals surface area (Å²) in [4.78, 5) is 17.4. The monoisotopic (exact) mass is 424 g/mol. The van der Waals surface area contributed by atoms with E-state index in [0.717, 1.165) is 26.1 Å². The zero-order valence-corrected chi connectivity index (χ0v) is 18.6. The van der Waals surface area contributed by atoms with Crippen molar-refractivity contribution in [3.63, 3.8) is 0 Å². The number of likely N-dealkylation sites (tertiary alicyclic amines) is 1. The topological polar surface area (TPSA) is 66.1 Å². The van der Waals surface area contributed by atoms with Gasteiger partial charge < -0.3 is 25.0 Å². The number of anilines is 2. The molecule has 1 saturated heterocycles. The highest BCUT2D eigenvalue weighted by Gasteiger charge is 2.26. The molecule has 0 saturated carbocycles. The highest BCUT2D eigenvalue weighted by molar-refractivity contribution is 5.89. The molecule has 2 aromatic carbocycles. The predicted molar refractivity (Wildman–Crippen MR) is 124 cm³/mol. The van der Waals surface area contributed by atoms with Crippen LogP contribution >= 0.6 is 0 Å². The van der Waals surface area contributed by atoms with Gasteiger partial charge in [0.1, 0.15) is 11.5 Å². The Labute approximate surface area is 184 Å². The molecule has 0 aromatic heterocycles. The van der Waals surface area contributed by atoms with Gasteiger partial charge in [-0.05, 0) is 49.5 Å². The first kappa shape index (κ1) is 21.3. The summed E-state index contributed by atoms with van der Waals surface area (Å²) < 4.78 is 10.6. The number of hydrogen-bond acceptors (Lipinski definition) is 5. The molecule has 1 fully saturated rings. The third-order valence-electron chi connectivity index (χ3n) is 6.26. The number of carbonyl (C=O) groups is 1. The summed E-state index contributed by atoms with van der Waals surface area (Å²) >= 11 is 0. The molecule has 2 N–H and O–H groups in total. The van der Waals surface area contributed by atoms with Crippen LogP contribution in [-0.4, -0.2) is 58.4 Å². The van der Waals surface area contributed by atoms with Gasteiger partial charge in [0.25, 0.3) is 0 Å². The molecule has 7 heteroatoms. The number of fused-ring (bicyclic) bond motifs is 1. The first-order valence-corrected chi connectivity index (χ1v) is 10.9. The van der Waals surface area contributed by atoms with E-state index in [0.29, 0.717) is 23.7 Å². The third kappa shape index (κ3) is 4.88. The number of urea groups is 1. The van der Waals surface area contributed by atoms with E-state index in [9.17, 15) is 4.79 Å². The Kier molecular flexibility index (Phi) is 6.51. The molecule has 31 heavy (non-hydrogen) atoms. The highest BCUT2D eigenvalue weighted by Crippen LogP contribution is 2.32. The molecule has 2 amide bonds. The molecule has 2 heterocycles. The van der Waals surface area contributed by atoms with Crippen molar-refractivity contribution >= 4 is 17.4 Å². The maximum atomic E-state index is 12.7. The van der Waals surface area contributed by atoms with E-state index in [1.165, 1.54) is 29.7 Å². The fourth-order valence-electron chi connectivity index (χ4n) is 4.55. The van der Waals surface area contributed by atoms with E-state index in [1.807, 2.05) is 0 Å². The van der Waals surface area contributed by atoms with Crippen molar-refractivity contribution in [1.29, 1.82) is 0 Å². The summed E-state index contributed by atoms with van der Waals surface area (Å²) in [5, 5.41) is 5.98. The quantitative estimate of drug-likeness (QED) is 0.710. The van der Waals surface area contributed by atoms with E-state index >= 15 is 0 Å². The molecule has 166 valence electrons. The van der Waals surface area contributed by atoms with Gasteiger partial charge >= 0.3 is 6.03 Å². The Morgan fingerprint density at radius 2 is 1.74 bits per heavy atom. The van der Waals surface area contributed by atoms with Crippen LogP contribution in [-0.2, 0) is 6.42 Å². The Morgan fingerprint density at radius 1 is 1.03 bits per heavy atom. The van der Waals surface area contributed by atoms with Gasteiger partial charge in [0.15, 0.2) is 0 Å². The largest absolute Gasteiger partial charge is 0.497 e. The van der Waals surface area contributed by atoms with Crippen LogP contribution in [0.5, 0.6) is 11.5 Å². The van der Waals surface area contributed by atoms with Gasteiger partial charge in [-0.1, -0.05) is 12.1 Å². The van der Waals surface area contributed by atoms with Crippen LogP contribution in [0, 0.1) is 0 Å². The number of ether oxygens (including phenoxy) is 2. The van der Waals surface area contributed by atoms with E-state index < -0.39 is 0 Å². The second-order valence-corrected chi connectivity index (χ2v) is 8.25. The van der Waals surface area contributed by atoms with Crippen molar-refractivity contribution in [2.75, 3.05) is 57.7 Å². The number of rotatable bonds is 7. The lowest BCUT2D eigenvalue weighted by atomic mass is 10.0. The van der Waals surface area contributed by atoms with Crippen LogP contribution in [0.2, 0.25) is 0 Å². The van der Waals surface area contributed by atoms with Crippen molar-refractivity contribution in [1.82, 2.24) is 10.2 Å². The molecule has 0 bridgehead atoms. The lowest BCUT2D eigenvalue weighted by molar-refractivity contribution is 0.227. The first-order valence-electron chi connectivity index (χ1n) is 10.9. The lowest BCUT2D eigenvalue weighted by Gasteiger charge is -2.29. The second-order valence-electron chi connectivity index (χ2n) is 8.25. The van der Waals surface area contributed by atoms with E-state index in [2.05, 4.69) is 45.7 Å². The minimum atomic E-state index is -0.236. The molecule has 2 aromatic rings. The van der Waals surface area contributed by atoms with Gasteiger partial charge in [-0.3, -0.25) is 4.90 Å². The van der Waals surface area contributed by atoms with Gasteiger partial charge in [0, 0.05) is 49.7 Å². The third-order valence-corrected chi connectivity index (χ3v) is 6.26. The van der Waals surface area contributed by atoms with Crippen molar-refractivity contribution in [2.24, 2.45) is 0 Å². The fraction of sp³-hybridized carbons (Fsp3) is 0.458. The van der Waals surface area contributed by atoms with Crippen molar-refractivity contribution in [3.05, 3.63) is 47.5 Å². The zero-order chi connectivity index (χ0) is 21.8. The fourth-order valence-corrected chi connectivity index (χ4v) is 4.55. The number of carbonyl (C=O) groups excluding carboxylic acids is 1. The Bertz CT molecular complexity index is 905. The first-order chi connectivity index (χ1) is 15.1. The van der Waals surface area contributed by atoms with Crippen LogP contribution in [0.15, 0.2) is 36.4 Å². The summed E-state index contributed by atoms with van der Waals surface area (Å²) in [6.07, 6.45) is 3.50. The SMILES string of the molecule is COc1cc(NC(=O)NC[C@H](c2ccc3c(c2)CCN3C)N2CCCC2)cc(OC)c1. The molecule has 2 aliphatic heterocycles. The van der Waals surface area contributed by atoms with Crippen LogP contribution in [0.25, 0.3) is 0 Å². The molecule has 0 unspecified atom stereocenters. The number of nitrogens with one attached hydrogen (secondary N) is 2. The average Bonchev–Trinajstić information content (AvgIpc) is 3.44. The van der Waals surface area contributed by atoms with E-state index in [-0.39, 0.29) is 12.1 Å². The molecule has 0 radical (unpaired) electrons. The maximum Gasteiger partial charge on any atom is 0.319 e. The lowest BCUT2D eigenvalue weighted by Crippen LogP contribution is -2.38. The molecule has 4 rings (SSSR count). The predicted octanol–water partition coefficient (Wildman–Crippen LogP) is 3.65. The summed E-state index contributed by atoms with van der Waals surface area (Å²) in [7, 11) is 5.32. The number of methoxy groups -OCH3 is 2. The number of benzene rings is 2. The van der Waals surface area contributed by atoms with Gasteiger partial charge in [-0.15, -0.1) is 0 Å². The van der Waals surface area contributed by atoms with Crippen molar-refractivity contribution in [3.8, 4) is 11.5 Å². The summed E-state index contributed by atoms with van der Waals surface area (Å²) in [5.41, 5.74) is 4.63. The van der Waals surface area contributed by atoms with E-state index in [1.54, 1.807) is 32.4 Å². The van der Waals surface area contributed by atoms with Crippen molar-refractivity contribution in [2.45, 2.75) is 25.3 Å². The Hall–Kier alpha value is -2.93. The van der Waals surface area contributed by atoms with Gasteiger partial charge in [0.05, 0.1) is 20.3 Å². The number of nitrogens with zero attached hydrogens (tertiary/aromatic N) is 2. The van der Waals surface area contributed by atoms with Crippen LogP contribution in [0.3, 0.4) is 0 Å². The average molecular weight is 425 g/mol. The molecule has 2 aliphatic rings. The minimum Gasteiger partial charge on any atom is -0.497 e. The number of amides is 2. The second kappa shape index (κ2) is 9.47. The van der Waals surface area contributed by atoms with Gasteiger partial charge in [-0.2, -0.15) is 0 Å². The smallest absolute Gasteiger partial charge is 0.319 e. The Morgan fingerprint density at radius 3 is 2.42 bits per heavy atom. The Balaban J connectivity index is 1.45. The standard InChI is InChI=1S/C24H32N4O3/c1-27-11-8-18-12-17(6-7-22(18)27)23(28-9-4-5-10-28)16-25-24(29)26-19-13-20(30-2)15-21(14-19)31-3/h6-7,12-15,23H,4-5,8-11,16H2,1-3H3,(H2,25,26,29)/t23-/m1/s1.